The molecule has 8 heteroatoms. The number of benzene rings is 1. The molecule has 2 unspecified atom stereocenters. The van der Waals surface area contributed by atoms with E-state index in [1.54, 1.807) is 25.3 Å². The molecule has 1 aromatic heterocycles. The number of amides is 2. The first-order valence-corrected chi connectivity index (χ1v) is 9.38. The molecule has 28 heavy (non-hydrogen) atoms. The lowest BCUT2D eigenvalue weighted by Crippen LogP contribution is -2.55. The van der Waals surface area contributed by atoms with Gasteiger partial charge in [0.25, 0.3) is 5.91 Å². The van der Waals surface area contributed by atoms with E-state index in [2.05, 4.69) is 10.2 Å². The number of carbonyl (C=O) groups excluding carboxylic acids is 2. The van der Waals surface area contributed by atoms with Crippen molar-refractivity contribution in [2.45, 2.75) is 37.6 Å². The van der Waals surface area contributed by atoms with Crippen LogP contribution >= 0.6 is 0 Å². The maximum Gasteiger partial charge on any atom is 0.254 e. The zero-order valence-corrected chi connectivity index (χ0v) is 16.0. The summed E-state index contributed by atoms with van der Waals surface area (Å²) in [6, 6.07) is 9.04. The molecule has 1 saturated heterocycles. The van der Waals surface area contributed by atoms with Crippen LogP contribution in [0.15, 0.2) is 36.5 Å². The lowest BCUT2D eigenvalue weighted by atomic mass is 9.96. The Kier molecular flexibility index (Phi) is 5.04. The maximum atomic E-state index is 13.2. The topological polar surface area (TPSA) is 87.8 Å². The molecule has 0 bridgehead atoms. The fraction of sp³-hybridized carbons (Fsp3) is 0.450. The van der Waals surface area contributed by atoms with Crippen LogP contribution in [-0.2, 0) is 20.9 Å². The van der Waals surface area contributed by atoms with Gasteiger partial charge in [0.15, 0.2) is 6.10 Å². The van der Waals surface area contributed by atoms with Crippen molar-refractivity contribution >= 4 is 11.8 Å². The van der Waals surface area contributed by atoms with Crippen molar-refractivity contribution in [1.82, 2.24) is 20.0 Å². The molecule has 4 rings (SSSR count). The summed E-state index contributed by atoms with van der Waals surface area (Å²) in [6.45, 7) is 0.322. The number of likely N-dealkylation sites (N-methyl/N-ethyl adjacent to an activating group) is 1. The van der Waals surface area contributed by atoms with Gasteiger partial charge in [0.05, 0.1) is 25.4 Å². The Bertz CT molecular complexity index is 832. The molecule has 1 aromatic carbocycles. The van der Waals surface area contributed by atoms with Crippen LogP contribution in [0.4, 0.5) is 0 Å². The highest BCUT2D eigenvalue weighted by molar-refractivity contribution is 5.86. The monoisotopic (exact) mass is 384 g/mol. The molecule has 2 aromatic rings. The van der Waals surface area contributed by atoms with Gasteiger partial charge in [-0.2, -0.15) is 5.10 Å². The second-order valence-electron chi connectivity index (χ2n) is 7.26. The first-order chi connectivity index (χ1) is 13.6. The molecular weight excluding hydrogens is 360 g/mol. The highest BCUT2D eigenvalue weighted by Crippen LogP contribution is 2.40. The largest absolute Gasteiger partial charge is 0.497 e. The number of nitrogens with zero attached hydrogens (tertiary/aromatic N) is 3. The lowest BCUT2D eigenvalue weighted by Gasteiger charge is -2.41. The van der Waals surface area contributed by atoms with Crippen molar-refractivity contribution < 1.29 is 19.1 Å². The average Bonchev–Trinajstić information content (AvgIpc) is 3.43. The fourth-order valence-corrected chi connectivity index (χ4v) is 3.68. The number of carbonyl (C=O) groups is 2. The Morgan fingerprint density at radius 3 is 2.68 bits per heavy atom. The summed E-state index contributed by atoms with van der Waals surface area (Å²) in [7, 11) is 3.34. The van der Waals surface area contributed by atoms with E-state index in [0.717, 1.165) is 29.8 Å². The normalized spacial score (nSPS) is 22.2. The van der Waals surface area contributed by atoms with Crippen molar-refractivity contribution in [2.75, 3.05) is 20.8 Å². The van der Waals surface area contributed by atoms with Crippen LogP contribution < -0.4 is 4.74 Å². The highest BCUT2D eigenvalue weighted by atomic mass is 16.5. The van der Waals surface area contributed by atoms with Gasteiger partial charge in [0, 0.05) is 19.3 Å². The molecule has 2 aliphatic rings. The quantitative estimate of drug-likeness (QED) is 0.816. The number of rotatable bonds is 6. The van der Waals surface area contributed by atoms with Crippen LogP contribution in [0.2, 0.25) is 0 Å². The molecule has 1 saturated carbocycles. The fourth-order valence-electron chi connectivity index (χ4n) is 3.68. The number of methoxy groups -OCH3 is 1. The number of ether oxygens (including phenoxy) is 2. The zero-order valence-electron chi connectivity index (χ0n) is 16.0. The number of aromatic nitrogens is 2. The van der Waals surface area contributed by atoms with Crippen LogP contribution in [0.3, 0.4) is 0 Å². The number of aromatic amines is 1. The molecule has 2 heterocycles. The van der Waals surface area contributed by atoms with Gasteiger partial charge in [-0.1, -0.05) is 12.1 Å². The van der Waals surface area contributed by atoms with Crippen molar-refractivity contribution in [3.63, 3.8) is 0 Å². The zero-order chi connectivity index (χ0) is 19.7. The Morgan fingerprint density at radius 1 is 1.32 bits per heavy atom. The third-order valence-electron chi connectivity index (χ3n) is 5.24. The van der Waals surface area contributed by atoms with E-state index in [1.807, 2.05) is 35.2 Å². The van der Waals surface area contributed by atoms with E-state index in [-0.39, 0.29) is 24.5 Å². The van der Waals surface area contributed by atoms with Crippen LogP contribution in [0.5, 0.6) is 5.75 Å². The van der Waals surface area contributed by atoms with E-state index in [0.29, 0.717) is 6.54 Å². The van der Waals surface area contributed by atoms with Gasteiger partial charge in [-0.3, -0.25) is 14.7 Å². The number of H-pyrrole nitrogens is 1. The van der Waals surface area contributed by atoms with E-state index in [4.69, 9.17) is 9.47 Å². The minimum atomic E-state index is -0.750. The second-order valence-corrected chi connectivity index (χ2v) is 7.26. The molecule has 148 valence electrons. The smallest absolute Gasteiger partial charge is 0.254 e. The number of hydrogen-bond donors (Lipinski definition) is 1. The summed E-state index contributed by atoms with van der Waals surface area (Å²) >= 11 is 0. The van der Waals surface area contributed by atoms with Crippen LogP contribution in [-0.4, -0.2) is 64.7 Å². The summed E-state index contributed by atoms with van der Waals surface area (Å²) in [5.74, 6) is 0.501. The third-order valence-corrected chi connectivity index (χ3v) is 5.24. The van der Waals surface area contributed by atoms with Gasteiger partial charge < -0.3 is 19.3 Å². The molecule has 2 fully saturated rings. The Morgan fingerprint density at radius 2 is 2.07 bits per heavy atom. The SMILES string of the molecule is COc1ccc(C2C(C(=O)N(C)Cc3ccn[nH]3)OCC(=O)N2C2CC2)cc1. The number of nitrogens with one attached hydrogen (secondary N) is 1. The Hall–Kier alpha value is -2.87. The second kappa shape index (κ2) is 7.63. The molecule has 1 aliphatic carbocycles. The third kappa shape index (κ3) is 3.60. The van der Waals surface area contributed by atoms with E-state index in [1.165, 1.54) is 0 Å². The van der Waals surface area contributed by atoms with Gasteiger partial charge >= 0.3 is 0 Å². The molecule has 2 atom stereocenters. The first-order valence-electron chi connectivity index (χ1n) is 9.38. The minimum Gasteiger partial charge on any atom is -0.497 e. The Labute approximate surface area is 163 Å². The molecular formula is C20H24N4O4. The van der Waals surface area contributed by atoms with Gasteiger partial charge in [-0.25, -0.2) is 0 Å². The van der Waals surface area contributed by atoms with Crippen LogP contribution in [0.1, 0.15) is 30.1 Å². The molecule has 1 aliphatic heterocycles. The van der Waals surface area contributed by atoms with Crippen molar-refractivity contribution in [1.29, 1.82) is 0 Å². The van der Waals surface area contributed by atoms with Crippen molar-refractivity contribution in [2.24, 2.45) is 0 Å². The summed E-state index contributed by atoms with van der Waals surface area (Å²) in [5.41, 5.74) is 1.71. The minimum absolute atomic E-state index is 0.0661. The summed E-state index contributed by atoms with van der Waals surface area (Å²) in [6.07, 6.45) is 2.82. The molecule has 0 spiro atoms. The van der Waals surface area contributed by atoms with E-state index < -0.39 is 12.1 Å². The number of morpholine rings is 1. The standard InChI is InChI=1S/C20H24N4O4/c1-23(11-14-9-10-21-22-14)20(26)19-18(13-3-7-16(27-2)8-4-13)24(15-5-6-15)17(25)12-28-19/h3-4,7-10,15,18-19H,5-6,11-12H2,1-2H3,(H,21,22). The van der Waals surface area contributed by atoms with Gasteiger partial charge in [-0.05, 0) is 36.6 Å². The summed E-state index contributed by atoms with van der Waals surface area (Å²) in [5, 5.41) is 6.78. The van der Waals surface area contributed by atoms with E-state index >= 15 is 0 Å². The molecule has 2 amide bonds. The van der Waals surface area contributed by atoms with E-state index in [9.17, 15) is 9.59 Å². The predicted octanol–water partition coefficient (Wildman–Crippen LogP) is 1.51. The van der Waals surface area contributed by atoms with Crippen molar-refractivity contribution in [3.8, 4) is 5.75 Å². The predicted molar refractivity (Wildman–Crippen MR) is 100 cm³/mol. The van der Waals surface area contributed by atoms with Gasteiger partial charge in [0.2, 0.25) is 5.91 Å². The summed E-state index contributed by atoms with van der Waals surface area (Å²) < 4.78 is 11.0. The van der Waals surface area contributed by atoms with Crippen LogP contribution in [0.25, 0.3) is 0 Å². The lowest BCUT2D eigenvalue weighted by molar-refractivity contribution is -0.170. The van der Waals surface area contributed by atoms with Gasteiger partial charge in [0.1, 0.15) is 12.4 Å². The highest BCUT2D eigenvalue weighted by Gasteiger charge is 2.48. The summed E-state index contributed by atoms with van der Waals surface area (Å²) in [4.78, 5) is 29.3. The van der Waals surface area contributed by atoms with Gasteiger partial charge in [-0.15, -0.1) is 0 Å². The van der Waals surface area contributed by atoms with Crippen molar-refractivity contribution in [3.05, 3.63) is 47.8 Å². The number of hydrogen-bond acceptors (Lipinski definition) is 5. The molecule has 8 nitrogen and oxygen atoms in total. The molecule has 0 radical (unpaired) electrons. The molecule has 1 N–H and O–H groups in total. The average molecular weight is 384 g/mol. The first kappa shape index (κ1) is 18.5. The van der Waals surface area contributed by atoms with Crippen LogP contribution in [0, 0.1) is 0 Å². The Balaban J connectivity index is 1.62. The maximum absolute atomic E-state index is 13.2.